The zero-order valence-corrected chi connectivity index (χ0v) is 20.7. The van der Waals surface area contributed by atoms with Gasteiger partial charge in [0.05, 0.1) is 22.8 Å². The molecule has 2 aromatic carbocycles. The summed E-state index contributed by atoms with van der Waals surface area (Å²) < 4.78 is 55.3. The second kappa shape index (κ2) is 9.87. The number of hydrogen-bond donors (Lipinski definition) is 0. The summed E-state index contributed by atoms with van der Waals surface area (Å²) in [4.78, 5) is 15.5. The maximum atomic E-state index is 13.9. The highest BCUT2D eigenvalue weighted by molar-refractivity contribution is 7.89. The topological polar surface area (TPSA) is 75.5 Å². The molecule has 1 aromatic heterocycles. The predicted molar refractivity (Wildman–Crippen MR) is 132 cm³/mol. The zero-order valence-electron chi connectivity index (χ0n) is 19.9. The average Bonchev–Trinajstić information content (AvgIpc) is 2.79. The Morgan fingerprint density at radius 3 is 2.26 bits per heavy atom. The number of anilines is 1. The fraction of sp³-hybridized carbons (Fsp3) is 0.360. The van der Waals surface area contributed by atoms with E-state index in [9.17, 15) is 22.0 Å². The summed E-state index contributed by atoms with van der Waals surface area (Å²) in [5, 5.41) is 3.71. The minimum absolute atomic E-state index is 0.00242. The van der Waals surface area contributed by atoms with E-state index in [0.29, 0.717) is 43.9 Å². The predicted octanol–water partition coefficient (Wildman–Crippen LogP) is 3.27. The van der Waals surface area contributed by atoms with Gasteiger partial charge in [0.15, 0.2) is 0 Å². The van der Waals surface area contributed by atoms with Crippen LogP contribution in [0.15, 0.2) is 53.5 Å². The molecule has 0 atom stereocenters. The van der Waals surface area contributed by atoms with Gasteiger partial charge in [-0.25, -0.2) is 17.2 Å². The Morgan fingerprint density at radius 2 is 1.66 bits per heavy atom. The van der Waals surface area contributed by atoms with Crippen LogP contribution < -0.4 is 10.5 Å². The van der Waals surface area contributed by atoms with Gasteiger partial charge in [0.1, 0.15) is 11.6 Å². The molecule has 0 radical (unpaired) electrons. The van der Waals surface area contributed by atoms with Crippen molar-refractivity contribution in [2.45, 2.75) is 32.4 Å². The third-order valence-electron chi connectivity index (χ3n) is 6.15. The first-order valence-corrected chi connectivity index (χ1v) is 12.9. The summed E-state index contributed by atoms with van der Waals surface area (Å²) in [6.07, 6.45) is 1.81. The number of piperazine rings is 1. The maximum Gasteiger partial charge on any atom is 0.277 e. The van der Waals surface area contributed by atoms with Crippen LogP contribution in [0, 0.1) is 18.6 Å². The minimum atomic E-state index is -3.37. The van der Waals surface area contributed by atoms with Gasteiger partial charge in [-0.2, -0.15) is 14.1 Å². The van der Waals surface area contributed by atoms with Gasteiger partial charge in [-0.15, -0.1) is 0 Å². The van der Waals surface area contributed by atoms with Crippen LogP contribution in [0.3, 0.4) is 0 Å². The molecule has 0 aliphatic carbocycles. The van der Waals surface area contributed by atoms with Crippen LogP contribution in [0.5, 0.6) is 0 Å². The highest BCUT2D eigenvalue weighted by Gasteiger charge is 2.30. The summed E-state index contributed by atoms with van der Waals surface area (Å²) >= 11 is 0. The number of nitrogens with zero attached hydrogens (tertiary/aromatic N) is 4. The fourth-order valence-electron chi connectivity index (χ4n) is 4.27. The first kappa shape index (κ1) is 25.0. The third kappa shape index (κ3) is 5.28. The molecule has 3 aromatic rings. The minimum Gasteiger partial charge on any atom is -0.367 e. The Labute approximate surface area is 203 Å². The van der Waals surface area contributed by atoms with E-state index < -0.39 is 32.5 Å². The van der Waals surface area contributed by atoms with Gasteiger partial charge in [0, 0.05) is 44.2 Å². The van der Waals surface area contributed by atoms with Crippen molar-refractivity contribution in [2.75, 3.05) is 31.1 Å². The summed E-state index contributed by atoms with van der Waals surface area (Å²) in [7, 11) is -3.37. The number of aromatic nitrogens is 2. The third-order valence-corrected chi connectivity index (χ3v) is 8.42. The molecule has 0 amide bonds. The van der Waals surface area contributed by atoms with E-state index >= 15 is 0 Å². The molecule has 1 aliphatic rings. The molecule has 1 fully saturated rings. The van der Waals surface area contributed by atoms with Crippen molar-refractivity contribution in [1.29, 1.82) is 0 Å². The van der Waals surface area contributed by atoms with Crippen molar-refractivity contribution in [2.24, 2.45) is 0 Å². The van der Waals surface area contributed by atoms with E-state index in [1.54, 1.807) is 13.8 Å². The number of aryl methyl sites for hydroxylation is 1. The lowest BCUT2D eigenvalue weighted by Gasteiger charge is -2.36. The molecule has 0 spiro atoms. The number of halogens is 2. The molecule has 186 valence electrons. The molecule has 1 aliphatic heterocycles. The van der Waals surface area contributed by atoms with E-state index in [1.165, 1.54) is 10.5 Å². The molecule has 0 saturated carbocycles. The van der Waals surface area contributed by atoms with Crippen molar-refractivity contribution in [3.63, 3.8) is 0 Å². The fourth-order valence-corrected chi connectivity index (χ4v) is 5.54. The standard InChI is InChI=1S/C25H28F2N4O3S/c1-17(2)35(33,34)30-9-7-29(8-10-30)24-16-28-31(22-14-20(26)13-21(27)15-22)25(32)23(24)12-19-6-4-5-18(3)11-19/h4-6,11,13-17H,7-10,12H2,1-3H3. The molecule has 0 unspecified atom stereocenters. The van der Waals surface area contributed by atoms with E-state index in [1.807, 2.05) is 36.1 Å². The lowest BCUT2D eigenvalue weighted by atomic mass is 10.0. The monoisotopic (exact) mass is 502 g/mol. The van der Waals surface area contributed by atoms with Crippen LogP contribution in [0.25, 0.3) is 5.69 Å². The highest BCUT2D eigenvalue weighted by Crippen LogP contribution is 2.24. The summed E-state index contributed by atoms with van der Waals surface area (Å²) in [5.74, 6) is -1.61. The van der Waals surface area contributed by atoms with Crippen LogP contribution in [-0.4, -0.2) is 53.9 Å². The lowest BCUT2D eigenvalue weighted by Crippen LogP contribution is -2.51. The number of benzene rings is 2. The maximum absolute atomic E-state index is 13.9. The quantitative estimate of drug-likeness (QED) is 0.517. The van der Waals surface area contributed by atoms with E-state index in [-0.39, 0.29) is 5.69 Å². The Bertz CT molecular complexity index is 1380. The number of rotatable bonds is 6. The van der Waals surface area contributed by atoms with Crippen LogP contribution in [0.1, 0.15) is 30.5 Å². The molecular weight excluding hydrogens is 474 g/mol. The Balaban J connectivity index is 1.74. The first-order valence-electron chi connectivity index (χ1n) is 11.4. The smallest absolute Gasteiger partial charge is 0.277 e. The molecular formula is C25H28F2N4O3S. The lowest BCUT2D eigenvalue weighted by molar-refractivity contribution is 0.380. The van der Waals surface area contributed by atoms with Crippen molar-refractivity contribution in [3.05, 3.63) is 87.3 Å². The first-order chi connectivity index (χ1) is 16.6. The van der Waals surface area contributed by atoms with E-state index in [0.717, 1.165) is 34.0 Å². The van der Waals surface area contributed by atoms with Crippen LogP contribution in [-0.2, 0) is 16.4 Å². The van der Waals surface area contributed by atoms with Crippen molar-refractivity contribution >= 4 is 15.7 Å². The molecule has 7 nitrogen and oxygen atoms in total. The average molecular weight is 503 g/mol. The molecule has 0 bridgehead atoms. The van der Waals surface area contributed by atoms with Crippen LogP contribution in [0.2, 0.25) is 0 Å². The van der Waals surface area contributed by atoms with Gasteiger partial charge in [0.25, 0.3) is 5.56 Å². The number of sulfonamides is 1. The normalized spacial score (nSPS) is 15.1. The van der Waals surface area contributed by atoms with Crippen molar-refractivity contribution in [3.8, 4) is 5.69 Å². The zero-order chi connectivity index (χ0) is 25.3. The Morgan fingerprint density at radius 1 is 1.00 bits per heavy atom. The van der Waals surface area contributed by atoms with Crippen LogP contribution >= 0.6 is 0 Å². The summed E-state index contributed by atoms with van der Waals surface area (Å²) in [6.45, 7) is 6.64. The van der Waals surface area contributed by atoms with Gasteiger partial charge < -0.3 is 4.90 Å². The molecule has 0 N–H and O–H groups in total. The molecule has 10 heteroatoms. The Kier molecular flexibility index (Phi) is 7.05. The Hall–Kier alpha value is -3.11. The second-order valence-corrected chi connectivity index (χ2v) is 11.5. The van der Waals surface area contributed by atoms with E-state index in [4.69, 9.17) is 0 Å². The number of hydrogen-bond acceptors (Lipinski definition) is 5. The largest absolute Gasteiger partial charge is 0.367 e. The van der Waals surface area contributed by atoms with Gasteiger partial charge in [0.2, 0.25) is 10.0 Å². The summed E-state index contributed by atoms with van der Waals surface area (Å²) in [5.41, 5.74) is 2.48. The van der Waals surface area contributed by atoms with Gasteiger partial charge in [-0.3, -0.25) is 4.79 Å². The van der Waals surface area contributed by atoms with Gasteiger partial charge >= 0.3 is 0 Å². The molecule has 35 heavy (non-hydrogen) atoms. The molecule has 1 saturated heterocycles. The molecule has 2 heterocycles. The van der Waals surface area contributed by atoms with Crippen molar-refractivity contribution < 1.29 is 17.2 Å². The molecule has 4 rings (SSSR count). The van der Waals surface area contributed by atoms with E-state index in [2.05, 4.69) is 5.10 Å². The van der Waals surface area contributed by atoms with Gasteiger partial charge in [-0.05, 0) is 38.5 Å². The van der Waals surface area contributed by atoms with Crippen molar-refractivity contribution in [1.82, 2.24) is 14.1 Å². The SMILES string of the molecule is Cc1cccc(Cc2c(N3CCN(S(=O)(=O)C(C)C)CC3)cnn(-c3cc(F)cc(F)c3)c2=O)c1. The summed E-state index contributed by atoms with van der Waals surface area (Å²) in [6, 6.07) is 10.6. The highest BCUT2D eigenvalue weighted by atomic mass is 32.2. The van der Waals surface area contributed by atoms with Gasteiger partial charge in [-0.1, -0.05) is 29.8 Å². The van der Waals surface area contributed by atoms with Crippen LogP contribution in [0.4, 0.5) is 14.5 Å². The second-order valence-electron chi connectivity index (χ2n) is 9.00.